The molecule has 25 heavy (non-hydrogen) atoms. The van der Waals surface area contributed by atoms with E-state index in [4.69, 9.17) is 14.2 Å². The van der Waals surface area contributed by atoms with Crippen LogP contribution in [0.3, 0.4) is 0 Å². The van der Waals surface area contributed by atoms with Crippen LogP contribution < -0.4 is 10.1 Å². The van der Waals surface area contributed by atoms with Crippen LogP contribution in [0.5, 0.6) is 5.75 Å². The third-order valence-corrected chi connectivity index (χ3v) is 3.37. The number of methoxy groups -OCH3 is 1. The average Bonchev–Trinajstić information content (AvgIpc) is 2.53. The molecule has 0 saturated heterocycles. The van der Waals surface area contributed by atoms with Gasteiger partial charge in [0.2, 0.25) is 0 Å². The van der Waals surface area contributed by atoms with Gasteiger partial charge >= 0.3 is 12.1 Å². The first-order chi connectivity index (χ1) is 11.7. The van der Waals surface area contributed by atoms with Gasteiger partial charge in [-0.15, -0.1) is 0 Å². The van der Waals surface area contributed by atoms with Crippen molar-refractivity contribution in [1.82, 2.24) is 5.32 Å². The van der Waals surface area contributed by atoms with Gasteiger partial charge in [0.15, 0.2) is 0 Å². The van der Waals surface area contributed by atoms with Gasteiger partial charge in [0.1, 0.15) is 17.4 Å². The van der Waals surface area contributed by atoms with Crippen molar-refractivity contribution >= 4 is 12.1 Å². The molecule has 6 nitrogen and oxygen atoms in total. The second kappa shape index (κ2) is 9.91. The van der Waals surface area contributed by atoms with Gasteiger partial charge in [-0.2, -0.15) is 0 Å². The number of carbonyl (C=O) groups excluding carboxylic acids is 2. The largest absolute Gasteiger partial charge is 0.494 e. The van der Waals surface area contributed by atoms with Gasteiger partial charge in [0.25, 0.3) is 0 Å². The Balaban J connectivity index is 2.52. The smallest absolute Gasteiger partial charge is 0.408 e. The molecule has 140 valence electrons. The summed E-state index contributed by atoms with van der Waals surface area (Å²) in [5.74, 6) is 0.364. The number of esters is 1. The minimum atomic E-state index is -0.720. The second-order valence-electron chi connectivity index (χ2n) is 6.69. The van der Waals surface area contributed by atoms with Crippen LogP contribution in [-0.4, -0.2) is 37.4 Å². The van der Waals surface area contributed by atoms with E-state index in [0.717, 1.165) is 24.2 Å². The number of benzene rings is 1. The van der Waals surface area contributed by atoms with Crippen molar-refractivity contribution in [3.05, 3.63) is 29.8 Å². The molecule has 0 aliphatic heterocycles. The molecule has 0 spiro atoms. The number of aryl methyl sites for hydroxylation is 1. The van der Waals surface area contributed by atoms with Crippen LogP contribution in [0.15, 0.2) is 24.3 Å². The van der Waals surface area contributed by atoms with Gasteiger partial charge in [-0.1, -0.05) is 12.1 Å². The molecule has 0 bridgehead atoms. The molecular formula is C19H29NO5. The van der Waals surface area contributed by atoms with E-state index in [1.165, 1.54) is 7.11 Å². The summed E-state index contributed by atoms with van der Waals surface area (Å²) in [6.07, 6.45) is 1.36. The summed E-state index contributed by atoms with van der Waals surface area (Å²) in [4.78, 5) is 23.7. The van der Waals surface area contributed by atoms with E-state index in [9.17, 15) is 9.59 Å². The second-order valence-corrected chi connectivity index (χ2v) is 6.69. The van der Waals surface area contributed by atoms with Crippen molar-refractivity contribution in [2.24, 2.45) is 0 Å². The number of carbonyl (C=O) groups is 2. The first-order valence-corrected chi connectivity index (χ1v) is 8.54. The predicted octanol–water partition coefficient (Wildman–Crippen LogP) is 3.47. The van der Waals surface area contributed by atoms with Gasteiger partial charge in [0, 0.05) is 0 Å². The minimum Gasteiger partial charge on any atom is -0.494 e. The van der Waals surface area contributed by atoms with Crippen LogP contribution in [-0.2, 0) is 20.7 Å². The van der Waals surface area contributed by atoms with Crippen LogP contribution in [0.1, 0.15) is 46.1 Å². The van der Waals surface area contributed by atoms with Gasteiger partial charge < -0.3 is 19.5 Å². The minimum absolute atomic E-state index is 0.471. The van der Waals surface area contributed by atoms with Crippen LogP contribution in [0.4, 0.5) is 4.79 Å². The highest BCUT2D eigenvalue weighted by Gasteiger charge is 2.24. The summed E-state index contributed by atoms with van der Waals surface area (Å²) in [5.41, 5.74) is 0.525. The fourth-order valence-electron chi connectivity index (χ4n) is 2.27. The molecule has 0 radical (unpaired) electrons. The Bertz CT molecular complexity index is 548. The molecule has 1 amide bonds. The fraction of sp³-hybridized carbons (Fsp3) is 0.579. The number of alkyl carbamates (subject to hydrolysis) is 1. The Labute approximate surface area is 149 Å². The topological polar surface area (TPSA) is 73.9 Å². The van der Waals surface area contributed by atoms with E-state index in [1.807, 2.05) is 31.2 Å². The zero-order valence-electron chi connectivity index (χ0n) is 15.8. The number of rotatable bonds is 8. The molecule has 1 N–H and O–H groups in total. The highest BCUT2D eigenvalue weighted by Crippen LogP contribution is 2.15. The first-order valence-electron chi connectivity index (χ1n) is 8.54. The van der Waals surface area contributed by atoms with Crippen molar-refractivity contribution in [2.75, 3.05) is 13.7 Å². The Morgan fingerprint density at radius 2 is 1.80 bits per heavy atom. The van der Waals surface area contributed by atoms with Gasteiger partial charge in [0.05, 0.1) is 13.7 Å². The highest BCUT2D eigenvalue weighted by atomic mass is 16.6. The lowest BCUT2D eigenvalue weighted by Gasteiger charge is -2.22. The Morgan fingerprint density at radius 3 is 2.32 bits per heavy atom. The zero-order valence-corrected chi connectivity index (χ0v) is 15.8. The van der Waals surface area contributed by atoms with Crippen LogP contribution >= 0.6 is 0 Å². The maximum absolute atomic E-state index is 11.9. The third kappa shape index (κ3) is 8.42. The van der Waals surface area contributed by atoms with Crippen molar-refractivity contribution in [3.63, 3.8) is 0 Å². The zero-order chi connectivity index (χ0) is 18.9. The molecule has 0 aliphatic rings. The third-order valence-electron chi connectivity index (χ3n) is 3.37. The van der Waals surface area contributed by atoms with Crippen LogP contribution in [0, 0.1) is 0 Å². The van der Waals surface area contributed by atoms with Gasteiger partial charge in [-0.3, -0.25) is 0 Å². The number of nitrogens with one attached hydrogen (secondary N) is 1. The molecule has 0 aromatic heterocycles. The molecule has 0 unspecified atom stereocenters. The summed E-state index contributed by atoms with van der Waals surface area (Å²) in [6, 6.07) is 7.13. The molecule has 1 rings (SSSR count). The fourth-order valence-corrected chi connectivity index (χ4v) is 2.27. The summed E-state index contributed by atoms with van der Waals surface area (Å²) >= 11 is 0. The quantitative estimate of drug-likeness (QED) is 0.726. The Kier molecular flexibility index (Phi) is 8.25. The maximum Gasteiger partial charge on any atom is 0.408 e. The summed E-state index contributed by atoms with van der Waals surface area (Å²) in [6.45, 7) is 7.89. The average molecular weight is 351 g/mol. The van der Waals surface area contributed by atoms with E-state index < -0.39 is 23.7 Å². The van der Waals surface area contributed by atoms with Crippen LogP contribution in [0.25, 0.3) is 0 Å². The lowest BCUT2D eigenvalue weighted by Crippen LogP contribution is -2.44. The van der Waals surface area contributed by atoms with Crippen molar-refractivity contribution < 1.29 is 23.8 Å². The molecule has 1 atom stereocenters. The van der Waals surface area contributed by atoms with Gasteiger partial charge in [-0.05, 0) is 64.7 Å². The van der Waals surface area contributed by atoms with Crippen molar-refractivity contribution in [3.8, 4) is 5.75 Å². The van der Waals surface area contributed by atoms with Crippen LogP contribution in [0.2, 0.25) is 0 Å². The molecule has 1 aromatic rings. The predicted molar refractivity (Wildman–Crippen MR) is 95.7 cm³/mol. The molecule has 6 heteroatoms. The molecular weight excluding hydrogens is 322 g/mol. The standard InChI is InChI=1S/C19H29NO5/c1-6-24-15-12-10-14(11-13-15)8-7-9-16(17(21)23-5)20-18(22)25-19(2,3)4/h10-13,16H,6-9H2,1-5H3,(H,20,22)/t16-/m0/s1. The summed E-state index contributed by atoms with van der Waals surface area (Å²) in [7, 11) is 1.30. The van der Waals surface area contributed by atoms with E-state index in [0.29, 0.717) is 13.0 Å². The van der Waals surface area contributed by atoms with E-state index in [-0.39, 0.29) is 0 Å². The normalized spacial score (nSPS) is 12.2. The Morgan fingerprint density at radius 1 is 1.16 bits per heavy atom. The van der Waals surface area contributed by atoms with E-state index in [1.54, 1.807) is 20.8 Å². The maximum atomic E-state index is 11.9. The number of ether oxygens (including phenoxy) is 3. The van der Waals surface area contributed by atoms with E-state index in [2.05, 4.69) is 5.32 Å². The van der Waals surface area contributed by atoms with Gasteiger partial charge in [-0.25, -0.2) is 9.59 Å². The lowest BCUT2D eigenvalue weighted by atomic mass is 10.0. The molecule has 0 aliphatic carbocycles. The molecule has 1 aromatic carbocycles. The number of hydrogen-bond acceptors (Lipinski definition) is 5. The monoisotopic (exact) mass is 351 g/mol. The highest BCUT2D eigenvalue weighted by molar-refractivity contribution is 5.81. The van der Waals surface area contributed by atoms with Crippen molar-refractivity contribution in [2.45, 2.75) is 58.6 Å². The summed E-state index contributed by atoms with van der Waals surface area (Å²) < 4.78 is 15.4. The summed E-state index contributed by atoms with van der Waals surface area (Å²) in [5, 5.41) is 2.58. The number of amides is 1. The lowest BCUT2D eigenvalue weighted by molar-refractivity contribution is -0.143. The van der Waals surface area contributed by atoms with E-state index >= 15 is 0 Å². The Hall–Kier alpha value is -2.24. The SMILES string of the molecule is CCOc1ccc(CCC[C@H](NC(=O)OC(C)(C)C)C(=O)OC)cc1. The molecule has 0 saturated carbocycles. The number of hydrogen-bond donors (Lipinski definition) is 1. The molecule has 0 fully saturated rings. The molecule has 0 heterocycles. The first kappa shape index (κ1) is 20.8. The van der Waals surface area contributed by atoms with Crippen molar-refractivity contribution in [1.29, 1.82) is 0 Å².